The normalized spacial score (nSPS) is 16.4. The fourth-order valence-corrected chi connectivity index (χ4v) is 3.22. The van der Waals surface area contributed by atoms with E-state index in [1.807, 2.05) is 48.5 Å². The maximum absolute atomic E-state index is 13.1. The van der Waals surface area contributed by atoms with Crippen LogP contribution in [0.25, 0.3) is 11.3 Å². The lowest BCUT2D eigenvalue weighted by Crippen LogP contribution is -2.37. The minimum Gasteiger partial charge on any atom is -0.376 e. The van der Waals surface area contributed by atoms with Crippen molar-refractivity contribution in [3.05, 3.63) is 72.2 Å². The van der Waals surface area contributed by atoms with Crippen LogP contribution in [0.15, 0.2) is 65.3 Å². The number of benzene rings is 1. The van der Waals surface area contributed by atoms with Gasteiger partial charge in [-0.25, -0.2) is 0 Å². The van der Waals surface area contributed by atoms with Gasteiger partial charge in [0.2, 0.25) is 0 Å². The topological polar surface area (TPSA) is 68.5 Å². The van der Waals surface area contributed by atoms with Gasteiger partial charge < -0.3 is 14.2 Å². The minimum atomic E-state index is -0.179. The molecular weight excluding hydrogens is 342 g/mol. The molecule has 2 aromatic heterocycles. The predicted octanol–water partition coefficient (Wildman–Crippen LogP) is 3.56. The zero-order valence-electron chi connectivity index (χ0n) is 15.0. The zero-order chi connectivity index (χ0) is 18.5. The molecule has 1 amide bonds. The van der Waals surface area contributed by atoms with Crippen molar-refractivity contribution in [2.75, 3.05) is 13.2 Å². The maximum atomic E-state index is 13.1. The van der Waals surface area contributed by atoms with Crippen molar-refractivity contribution in [1.82, 2.24) is 15.0 Å². The highest BCUT2D eigenvalue weighted by Crippen LogP contribution is 2.22. The molecule has 4 rings (SSSR count). The summed E-state index contributed by atoms with van der Waals surface area (Å²) in [5.41, 5.74) is 2.01. The van der Waals surface area contributed by atoms with E-state index in [2.05, 4.69) is 10.1 Å². The van der Waals surface area contributed by atoms with Crippen LogP contribution in [0.2, 0.25) is 0 Å². The van der Waals surface area contributed by atoms with Crippen LogP contribution in [0.4, 0.5) is 0 Å². The molecule has 1 aromatic carbocycles. The number of ether oxygens (including phenoxy) is 1. The van der Waals surface area contributed by atoms with Crippen LogP contribution in [0.1, 0.15) is 29.0 Å². The molecule has 0 radical (unpaired) electrons. The molecule has 0 unspecified atom stereocenters. The van der Waals surface area contributed by atoms with Crippen molar-refractivity contribution >= 4 is 5.91 Å². The first-order valence-corrected chi connectivity index (χ1v) is 9.12. The van der Waals surface area contributed by atoms with E-state index in [-0.39, 0.29) is 12.0 Å². The number of hydrogen-bond acceptors (Lipinski definition) is 5. The Morgan fingerprint density at radius 3 is 2.74 bits per heavy atom. The van der Waals surface area contributed by atoms with Gasteiger partial charge in [0.25, 0.3) is 5.91 Å². The van der Waals surface area contributed by atoms with E-state index in [0.29, 0.717) is 24.5 Å². The Morgan fingerprint density at radius 1 is 1.15 bits per heavy atom. The molecule has 0 N–H and O–H groups in total. The Balaban J connectivity index is 1.55. The fourth-order valence-electron chi connectivity index (χ4n) is 3.22. The summed E-state index contributed by atoms with van der Waals surface area (Å²) >= 11 is 0. The fraction of sp³-hybridized carbons (Fsp3) is 0.286. The van der Waals surface area contributed by atoms with Crippen molar-refractivity contribution in [2.45, 2.75) is 25.5 Å². The molecule has 1 aliphatic heterocycles. The van der Waals surface area contributed by atoms with Gasteiger partial charge in [0, 0.05) is 31.0 Å². The molecule has 1 saturated heterocycles. The number of hydrogen-bond donors (Lipinski definition) is 0. The van der Waals surface area contributed by atoms with Gasteiger partial charge >= 0.3 is 0 Å². The molecule has 0 bridgehead atoms. The first-order valence-electron chi connectivity index (χ1n) is 9.12. The highest BCUT2D eigenvalue weighted by Gasteiger charge is 2.26. The van der Waals surface area contributed by atoms with Gasteiger partial charge in [0.1, 0.15) is 0 Å². The number of pyridine rings is 1. The minimum absolute atomic E-state index is 0.0538. The number of carbonyl (C=O) groups excluding carboxylic acids is 1. The molecule has 6 heteroatoms. The number of carbonyl (C=O) groups is 1. The summed E-state index contributed by atoms with van der Waals surface area (Å²) in [7, 11) is 0. The molecule has 138 valence electrons. The third-order valence-corrected chi connectivity index (χ3v) is 4.60. The van der Waals surface area contributed by atoms with Crippen LogP contribution in [0, 0.1) is 0 Å². The molecule has 3 heterocycles. The smallest absolute Gasteiger partial charge is 0.276 e. The molecule has 0 saturated carbocycles. The Bertz CT molecular complexity index is 874. The van der Waals surface area contributed by atoms with Crippen molar-refractivity contribution in [3.63, 3.8) is 0 Å². The van der Waals surface area contributed by atoms with Crippen molar-refractivity contribution < 1.29 is 14.1 Å². The third-order valence-electron chi connectivity index (χ3n) is 4.60. The van der Waals surface area contributed by atoms with Crippen LogP contribution in [-0.4, -0.2) is 40.2 Å². The lowest BCUT2D eigenvalue weighted by atomic mass is 10.1. The molecule has 0 spiro atoms. The average Bonchev–Trinajstić information content (AvgIpc) is 3.41. The van der Waals surface area contributed by atoms with Crippen LogP contribution in [-0.2, 0) is 11.3 Å². The lowest BCUT2D eigenvalue weighted by Gasteiger charge is -2.24. The Hall–Kier alpha value is -2.99. The first kappa shape index (κ1) is 17.4. The quantitative estimate of drug-likeness (QED) is 0.670. The van der Waals surface area contributed by atoms with E-state index >= 15 is 0 Å². The van der Waals surface area contributed by atoms with E-state index in [4.69, 9.17) is 9.26 Å². The number of nitrogens with zero attached hydrogens (tertiary/aromatic N) is 3. The summed E-state index contributed by atoms with van der Waals surface area (Å²) in [4.78, 5) is 19.2. The summed E-state index contributed by atoms with van der Waals surface area (Å²) in [6, 6.07) is 17.0. The number of rotatable bonds is 6. The molecule has 27 heavy (non-hydrogen) atoms. The second kappa shape index (κ2) is 8.14. The van der Waals surface area contributed by atoms with E-state index in [9.17, 15) is 4.79 Å². The maximum Gasteiger partial charge on any atom is 0.276 e. The molecule has 3 aromatic rings. The predicted molar refractivity (Wildman–Crippen MR) is 99.9 cm³/mol. The number of amides is 1. The molecular formula is C21H21N3O3. The largest absolute Gasteiger partial charge is 0.376 e. The average molecular weight is 363 g/mol. The molecule has 6 nitrogen and oxygen atoms in total. The highest BCUT2D eigenvalue weighted by atomic mass is 16.5. The Labute approximate surface area is 157 Å². The first-order chi connectivity index (χ1) is 13.3. The van der Waals surface area contributed by atoms with Crippen LogP contribution < -0.4 is 0 Å². The third kappa shape index (κ3) is 4.23. The van der Waals surface area contributed by atoms with Crippen LogP contribution in [0.3, 0.4) is 0 Å². The summed E-state index contributed by atoms with van der Waals surface area (Å²) < 4.78 is 11.1. The highest BCUT2D eigenvalue weighted by molar-refractivity contribution is 5.93. The van der Waals surface area contributed by atoms with Crippen molar-refractivity contribution in [2.24, 2.45) is 0 Å². The second-order valence-electron chi connectivity index (χ2n) is 6.58. The summed E-state index contributed by atoms with van der Waals surface area (Å²) in [5.74, 6) is 0.399. The molecule has 1 fully saturated rings. The molecule has 1 aliphatic rings. The SMILES string of the molecule is O=C(c1cc(-c2ccccc2)on1)N(Cc1ccccn1)C[C@@H]1CCCO1. The van der Waals surface area contributed by atoms with E-state index in [1.165, 1.54) is 0 Å². The summed E-state index contributed by atoms with van der Waals surface area (Å²) in [5, 5.41) is 4.00. The van der Waals surface area contributed by atoms with E-state index in [0.717, 1.165) is 30.7 Å². The van der Waals surface area contributed by atoms with Gasteiger partial charge in [-0.2, -0.15) is 0 Å². The molecule has 1 atom stereocenters. The van der Waals surface area contributed by atoms with Crippen molar-refractivity contribution in [3.8, 4) is 11.3 Å². The Kier molecular flexibility index (Phi) is 5.25. The summed E-state index contributed by atoms with van der Waals surface area (Å²) in [6.07, 6.45) is 3.77. The van der Waals surface area contributed by atoms with Crippen LogP contribution in [0.5, 0.6) is 0 Å². The van der Waals surface area contributed by atoms with E-state index in [1.54, 1.807) is 17.2 Å². The number of aromatic nitrogens is 2. The van der Waals surface area contributed by atoms with Gasteiger partial charge in [-0.15, -0.1) is 0 Å². The van der Waals surface area contributed by atoms with Gasteiger partial charge in [0.05, 0.1) is 18.3 Å². The van der Waals surface area contributed by atoms with Gasteiger partial charge in [-0.1, -0.05) is 41.6 Å². The van der Waals surface area contributed by atoms with Crippen molar-refractivity contribution in [1.29, 1.82) is 0 Å². The van der Waals surface area contributed by atoms with Gasteiger partial charge in [-0.05, 0) is 25.0 Å². The standard InChI is InChI=1S/C21H21N3O3/c25-21(19-13-20(27-23-19)16-7-2-1-3-8-16)24(15-18-10-6-12-26-18)14-17-9-4-5-11-22-17/h1-5,7-9,11,13,18H,6,10,12,14-15H2/t18-/m0/s1. The molecule has 0 aliphatic carbocycles. The monoisotopic (exact) mass is 363 g/mol. The van der Waals surface area contributed by atoms with Gasteiger partial charge in [-0.3, -0.25) is 9.78 Å². The lowest BCUT2D eigenvalue weighted by molar-refractivity contribution is 0.0497. The second-order valence-corrected chi connectivity index (χ2v) is 6.58. The van der Waals surface area contributed by atoms with Gasteiger partial charge in [0.15, 0.2) is 11.5 Å². The van der Waals surface area contributed by atoms with E-state index < -0.39 is 0 Å². The summed E-state index contributed by atoms with van der Waals surface area (Å²) in [6.45, 7) is 1.68. The zero-order valence-corrected chi connectivity index (χ0v) is 15.0. The Morgan fingerprint density at radius 2 is 2.00 bits per heavy atom. The van der Waals surface area contributed by atoms with Crippen LogP contribution >= 0.6 is 0 Å².